The summed E-state index contributed by atoms with van der Waals surface area (Å²) in [5, 5.41) is 1.92. The molecule has 108 valence electrons. The summed E-state index contributed by atoms with van der Waals surface area (Å²) in [6.07, 6.45) is -1.66. The minimum absolute atomic E-state index is 0.0556. The van der Waals surface area contributed by atoms with Crippen LogP contribution in [-0.4, -0.2) is 17.7 Å². The largest absolute Gasteiger partial charge is 0.405 e. The highest BCUT2D eigenvalue weighted by molar-refractivity contribution is 9.10. The summed E-state index contributed by atoms with van der Waals surface area (Å²) < 4.78 is 60.3. The number of alkyl halides is 5. The summed E-state index contributed by atoms with van der Waals surface area (Å²) in [7, 11) is 0. The van der Waals surface area contributed by atoms with E-state index in [1.807, 2.05) is 5.32 Å². The van der Waals surface area contributed by atoms with E-state index >= 15 is 0 Å². The molecule has 1 heterocycles. The van der Waals surface area contributed by atoms with Gasteiger partial charge in [-0.15, -0.1) is 0 Å². The molecule has 2 rings (SSSR count). The first-order valence-electron chi connectivity index (χ1n) is 5.54. The molecule has 8 heteroatoms. The third-order valence-corrected chi connectivity index (χ3v) is 2.61. The Morgan fingerprint density at radius 3 is 2.26 bits per heavy atom. The van der Waals surface area contributed by atoms with Crippen molar-refractivity contribution in [3.8, 4) is 0 Å². The van der Waals surface area contributed by atoms with E-state index in [1.165, 1.54) is 19.3 Å². The molecule has 1 aromatic heterocycles. The molecule has 19 heavy (non-hydrogen) atoms. The fourth-order valence-corrected chi connectivity index (χ4v) is 1.30. The van der Waals surface area contributed by atoms with Gasteiger partial charge in [-0.05, 0) is 22.0 Å². The summed E-state index contributed by atoms with van der Waals surface area (Å²) in [5.41, 5.74) is -0.403. The Hall–Kier alpha value is -0.920. The van der Waals surface area contributed by atoms with Crippen molar-refractivity contribution in [3.05, 3.63) is 22.3 Å². The standard InChI is InChI=1S/C8H6BrF5N2.C3H6/c9-5-2-15-6(1-4(5)7(10)11)16-3-8(12,13)14;1-2-3-1/h1-2,7H,3H2,(H,15,16);1-3H2. The molecule has 0 unspecified atom stereocenters. The van der Waals surface area contributed by atoms with Gasteiger partial charge in [-0.1, -0.05) is 19.3 Å². The van der Waals surface area contributed by atoms with Crippen molar-refractivity contribution in [1.82, 2.24) is 4.98 Å². The minimum atomic E-state index is -4.42. The fraction of sp³-hybridized carbons (Fsp3) is 0.545. The average molecular weight is 347 g/mol. The third-order valence-electron chi connectivity index (χ3n) is 1.94. The van der Waals surface area contributed by atoms with Gasteiger partial charge >= 0.3 is 6.18 Å². The Balaban J connectivity index is 0.000000524. The second-order valence-corrected chi connectivity index (χ2v) is 4.78. The van der Waals surface area contributed by atoms with Crippen molar-refractivity contribution in [2.24, 2.45) is 0 Å². The third kappa shape index (κ3) is 7.29. The first kappa shape index (κ1) is 16.1. The van der Waals surface area contributed by atoms with E-state index in [0.717, 1.165) is 12.3 Å². The maximum Gasteiger partial charge on any atom is 0.405 e. The van der Waals surface area contributed by atoms with Crippen LogP contribution in [0.1, 0.15) is 31.3 Å². The number of rotatable bonds is 3. The van der Waals surface area contributed by atoms with Crippen LogP contribution in [0.4, 0.5) is 27.8 Å². The van der Waals surface area contributed by atoms with Crippen LogP contribution in [-0.2, 0) is 0 Å². The van der Waals surface area contributed by atoms with Gasteiger partial charge in [-0.3, -0.25) is 0 Å². The second kappa shape index (κ2) is 7.02. The summed E-state index contributed by atoms with van der Waals surface area (Å²) >= 11 is 2.83. The molecule has 1 N–H and O–H groups in total. The van der Waals surface area contributed by atoms with Crippen molar-refractivity contribution < 1.29 is 22.0 Å². The second-order valence-electron chi connectivity index (χ2n) is 3.92. The van der Waals surface area contributed by atoms with Crippen molar-refractivity contribution >= 4 is 21.7 Å². The molecule has 0 bridgehead atoms. The monoisotopic (exact) mass is 346 g/mol. The van der Waals surface area contributed by atoms with Gasteiger partial charge in [-0.2, -0.15) is 13.2 Å². The van der Waals surface area contributed by atoms with E-state index in [2.05, 4.69) is 20.9 Å². The number of nitrogens with zero attached hydrogens (tertiary/aromatic N) is 1. The van der Waals surface area contributed by atoms with Crippen molar-refractivity contribution in [1.29, 1.82) is 0 Å². The lowest BCUT2D eigenvalue weighted by molar-refractivity contribution is -0.115. The average Bonchev–Trinajstić information content (AvgIpc) is 3.14. The van der Waals surface area contributed by atoms with Gasteiger partial charge in [0, 0.05) is 16.2 Å². The predicted molar refractivity (Wildman–Crippen MR) is 65.3 cm³/mol. The summed E-state index contributed by atoms with van der Waals surface area (Å²) in [6.45, 7) is -1.32. The fourth-order valence-electron chi connectivity index (χ4n) is 0.909. The number of nitrogens with one attached hydrogen (secondary N) is 1. The van der Waals surface area contributed by atoms with Crippen molar-refractivity contribution in [2.75, 3.05) is 11.9 Å². The number of hydrogen-bond acceptors (Lipinski definition) is 2. The van der Waals surface area contributed by atoms with E-state index in [0.29, 0.717) is 0 Å². The molecule has 0 atom stereocenters. The van der Waals surface area contributed by atoms with Crippen molar-refractivity contribution in [2.45, 2.75) is 31.9 Å². The Kier molecular flexibility index (Phi) is 5.96. The van der Waals surface area contributed by atoms with Crippen LogP contribution in [0, 0.1) is 0 Å². The van der Waals surface area contributed by atoms with E-state index in [4.69, 9.17) is 0 Å². The topological polar surface area (TPSA) is 24.9 Å². The van der Waals surface area contributed by atoms with Crippen LogP contribution < -0.4 is 5.32 Å². The van der Waals surface area contributed by atoms with Crippen LogP contribution >= 0.6 is 15.9 Å². The molecule has 0 saturated heterocycles. The zero-order valence-corrected chi connectivity index (χ0v) is 11.4. The summed E-state index contributed by atoms with van der Waals surface area (Å²) in [5.74, 6) is -0.240. The Morgan fingerprint density at radius 2 is 1.84 bits per heavy atom. The lowest BCUT2D eigenvalue weighted by atomic mass is 10.3. The highest BCUT2D eigenvalue weighted by atomic mass is 79.9. The molecule has 0 aliphatic heterocycles. The normalized spacial score (nSPS) is 13.8. The van der Waals surface area contributed by atoms with Gasteiger partial charge in [0.15, 0.2) is 0 Å². The molecule has 1 saturated carbocycles. The highest BCUT2D eigenvalue weighted by Gasteiger charge is 2.27. The van der Waals surface area contributed by atoms with Gasteiger partial charge in [0.05, 0.1) is 0 Å². The molecule has 0 radical (unpaired) electrons. The number of hydrogen-bond donors (Lipinski definition) is 1. The number of halogens is 6. The smallest absolute Gasteiger partial charge is 0.361 e. The first-order chi connectivity index (χ1) is 8.79. The van der Waals surface area contributed by atoms with Crippen LogP contribution in [0.3, 0.4) is 0 Å². The minimum Gasteiger partial charge on any atom is -0.361 e. The molecule has 0 aromatic carbocycles. The Labute approximate surface area is 115 Å². The van der Waals surface area contributed by atoms with Gasteiger partial charge in [0.1, 0.15) is 12.4 Å². The van der Waals surface area contributed by atoms with Crippen LogP contribution in [0.25, 0.3) is 0 Å². The lowest BCUT2D eigenvalue weighted by Crippen LogP contribution is -2.21. The lowest BCUT2D eigenvalue weighted by Gasteiger charge is -2.10. The van der Waals surface area contributed by atoms with E-state index in [9.17, 15) is 22.0 Å². The first-order valence-corrected chi connectivity index (χ1v) is 6.33. The molecule has 1 fully saturated rings. The van der Waals surface area contributed by atoms with Crippen LogP contribution in [0.2, 0.25) is 0 Å². The van der Waals surface area contributed by atoms with Crippen LogP contribution in [0.5, 0.6) is 0 Å². The van der Waals surface area contributed by atoms with E-state index in [-0.39, 0.29) is 10.3 Å². The van der Waals surface area contributed by atoms with Crippen LogP contribution in [0.15, 0.2) is 16.7 Å². The van der Waals surface area contributed by atoms with Gasteiger partial charge in [0.25, 0.3) is 6.43 Å². The van der Waals surface area contributed by atoms with E-state index in [1.54, 1.807) is 0 Å². The van der Waals surface area contributed by atoms with Gasteiger partial charge < -0.3 is 5.32 Å². The molecule has 2 nitrogen and oxygen atoms in total. The van der Waals surface area contributed by atoms with Crippen molar-refractivity contribution in [3.63, 3.8) is 0 Å². The maximum absolute atomic E-state index is 12.4. The quantitative estimate of drug-likeness (QED) is 0.785. The SMILES string of the molecule is C1CC1.FC(F)c1cc(NCC(F)(F)F)ncc1Br. The summed E-state index contributed by atoms with van der Waals surface area (Å²) in [6, 6.07) is 0.875. The van der Waals surface area contributed by atoms with Gasteiger partial charge in [0.2, 0.25) is 0 Å². The molecule has 0 spiro atoms. The highest BCUT2D eigenvalue weighted by Crippen LogP contribution is 2.28. The number of anilines is 1. The maximum atomic E-state index is 12.4. The molecule has 1 aromatic rings. The molecule has 0 amide bonds. The Morgan fingerprint density at radius 1 is 1.26 bits per heavy atom. The molecule has 1 aliphatic rings. The molecule has 1 aliphatic carbocycles. The number of aromatic nitrogens is 1. The van der Waals surface area contributed by atoms with Gasteiger partial charge in [-0.25, -0.2) is 13.8 Å². The van der Waals surface area contributed by atoms with E-state index < -0.39 is 24.7 Å². The number of pyridine rings is 1. The summed E-state index contributed by atoms with van der Waals surface area (Å²) in [4.78, 5) is 3.53. The molecular formula is C11H12BrF5N2. The molecular weight excluding hydrogens is 335 g/mol. The zero-order valence-electron chi connectivity index (χ0n) is 9.78. The zero-order chi connectivity index (χ0) is 14.5. The predicted octanol–water partition coefficient (Wildman–Crippen LogP) is 4.93. The Bertz CT molecular complexity index is 404.